The van der Waals surface area contributed by atoms with E-state index in [0.29, 0.717) is 17.5 Å². The molecule has 3 amide bonds. The van der Waals surface area contributed by atoms with Gasteiger partial charge in [-0.25, -0.2) is 18.7 Å². The first kappa shape index (κ1) is 27.2. The molecule has 0 bridgehead atoms. The monoisotopic (exact) mass is 564 g/mol. The van der Waals surface area contributed by atoms with Gasteiger partial charge >= 0.3 is 6.03 Å². The van der Waals surface area contributed by atoms with Crippen LogP contribution in [0.3, 0.4) is 0 Å². The Labute approximate surface area is 238 Å². The molecule has 0 aromatic carbocycles. The number of nitrogens with zero attached hydrogens (tertiary/aromatic N) is 6. The van der Waals surface area contributed by atoms with Gasteiger partial charge in [0.2, 0.25) is 0 Å². The van der Waals surface area contributed by atoms with E-state index in [2.05, 4.69) is 43.1 Å². The smallest absolute Gasteiger partial charge is 0.317 e. The van der Waals surface area contributed by atoms with Crippen molar-refractivity contribution in [2.24, 2.45) is 0 Å². The van der Waals surface area contributed by atoms with Crippen LogP contribution in [0.4, 0.5) is 26.4 Å². The van der Waals surface area contributed by atoms with Crippen molar-refractivity contribution in [3.63, 3.8) is 0 Å². The molecule has 0 atom stereocenters. The van der Waals surface area contributed by atoms with E-state index in [1.165, 1.54) is 23.0 Å². The second-order valence-corrected chi connectivity index (χ2v) is 11.1. The van der Waals surface area contributed by atoms with Gasteiger partial charge in [0.15, 0.2) is 17.2 Å². The van der Waals surface area contributed by atoms with Crippen molar-refractivity contribution in [2.45, 2.75) is 63.6 Å². The van der Waals surface area contributed by atoms with Crippen LogP contribution in [0.2, 0.25) is 0 Å². The number of imidazole rings is 1. The Hall–Kier alpha value is -4.00. The zero-order chi connectivity index (χ0) is 28.3. The number of carbonyl (C=O) groups excluding carboxylic acids is 2. The lowest BCUT2D eigenvalue weighted by Gasteiger charge is -2.36. The number of likely N-dealkylation sites (N-methyl/N-ethyl adjacent to an activating group) is 1. The maximum absolute atomic E-state index is 14.1. The lowest BCUT2D eigenvalue weighted by atomic mass is 9.91. The highest BCUT2D eigenvalue weighted by Crippen LogP contribution is 2.30. The van der Waals surface area contributed by atoms with E-state index in [4.69, 9.17) is 5.10 Å². The van der Waals surface area contributed by atoms with Crippen LogP contribution in [0.25, 0.3) is 5.65 Å². The van der Waals surface area contributed by atoms with Crippen LogP contribution in [-0.4, -0.2) is 92.2 Å². The molecule has 41 heavy (non-hydrogen) atoms. The van der Waals surface area contributed by atoms with E-state index in [1.54, 1.807) is 0 Å². The summed E-state index contributed by atoms with van der Waals surface area (Å²) in [6.07, 6.45) is 9.61. The molecule has 3 aromatic heterocycles. The van der Waals surface area contributed by atoms with Crippen molar-refractivity contribution in [3.05, 3.63) is 42.2 Å². The first-order valence-corrected chi connectivity index (χ1v) is 14.6. The molecule has 1 aliphatic heterocycles. The molecular formula is C28H37FN10O2. The summed E-state index contributed by atoms with van der Waals surface area (Å²) in [6.45, 7) is 6.57. The number of urea groups is 1. The highest BCUT2D eigenvalue weighted by molar-refractivity contribution is 6.03. The van der Waals surface area contributed by atoms with E-state index in [1.807, 2.05) is 11.0 Å². The van der Waals surface area contributed by atoms with E-state index >= 15 is 0 Å². The number of amides is 3. The number of halogens is 1. The van der Waals surface area contributed by atoms with Crippen molar-refractivity contribution in [1.82, 2.24) is 34.7 Å². The largest absolute Gasteiger partial charge is 0.379 e. The number of rotatable bonds is 8. The minimum Gasteiger partial charge on any atom is -0.379 e. The molecule has 3 aliphatic rings. The van der Waals surface area contributed by atoms with Crippen LogP contribution in [0.5, 0.6) is 0 Å². The summed E-state index contributed by atoms with van der Waals surface area (Å²) >= 11 is 0. The molecule has 2 saturated carbocycles. The predicted octanol–water partition coefficient (Wildman–Crippen LogP) is 3.16. The highest BCUT2D eigenvalue weighted by atomic mass is 19.1. The summed E-state index contributed by atoms with van der Waals surface area (Å²) in [6, 6.07) is 4.10. The molecule has 4 N–H and O–H groups in total. The number of hydrogen-bond donors (Lipinski definition) is 4. The summed E-state index contributed by atoms with van der Waals surface area (Å²) in [5.74, 6) is -0.506. The molecule has 12 nitrogen and oxygen atoms in total. The molecular weight excluding hydrogens is 527 g/mol. The van der Waals surface area contributed by atoms with Gasteiger partial charge in [-0.15, -0.1) is 5.10 Å². The molecule has 0 spiro atoms. The Kier molecular flexibility index (Phi) is 7.86. The molecule has 3 aromatic rings. The van der Waals surface area contributed by atoms with Crippen molar-refractivity contribution in [2.75, 3.05) is 48.7 Å². The molecule has 3 fully saturated rings. The molecule has 2 aliphatic carbocycles. The third-order valence-electron chi connectivity index (χ3n) is 8.17. The number of aromatic nitrogens is 4. The molecule has 1 saturated heterocycles. The van der Waals surface area contributed by atoms with Gasteiger partial charge in [0.25, 0.3) is 5.91 Å². The number of carbonyl (C=O) groups is 2. The molecule has 0 radical (unpaired) electrons. The zero-order valence-electron chi connectivity index (χ0n) is 23.3. The van der Waals surface area contributed by atoms with Crippen LogP contribution < -0.4 is 21.3 Å². The van der Waals surface area contributed by atoms with Crippen LogP contribution in [0, 0.1) is 5.82 Å². The van der Waals surface area contributed by atoms with Gasteiger partial charge in [0.05, 0.1) is 23.8 Å². The Morgan fingerprint density at radius 1 is 0.951 bits per heavy atom. The van der Waals surface area contributed by atoms with Crippen molar-refractivity contribution < 1.29 is 14.0 Å². The summed E-state index contributed by atoms with van der Waals surface area (Å²) in [4.78, 5) is 38.3. The Balaban J connectivity index is 1.11. The maximum Gasteiger partial charge on any atom is 0.317 e. The Morgan fingerprint density at radius 2 is 1.66 bits per heavy atom. The molecule has 218 valence electrons. The average molecular weight is 565 g/mol. The number of nitrogens with one attached hydrogen (secondary N) is 4. The second kappa shape index (κ2) is 11.9. The first-order chi connectivity index (χ1) is 20.0. The topological polar surface area (TPSA) is 132 Å². The van der Waals surface area contributed by atoms with E-state index in [-0.39, 0.29) is 29.5 Å². The van der Waals surface area contributed by atoms with Gasteiger partial charge in [-0.2, -0.15) is 0 Å². The minimum atomic E-state index is -0.619. The van der Waals surface area contributed by atoms with Gasteiger partial charge in [0, 0.05) is 56.6 Å². The lowest BCUT2D eigenvalue weighted by Crippen LogP contribution is -2.53. The van der Waals surface area contributed by atoms with E-state index in [9.17, 15) is 14.0 Å². The maximum atomic E-state index is 14.1. The molecule has 6 rings (SSSR count). The fourth-order valence-corrected chi connectivity index (χ4v) is 5.53. The van der Waals surface area contributed by atoms with Crippen molar-refractivity contribution in [1.29, 1.82) is 0 Å². The molecule has 13 heteroatoms. The fraction of sp³-hybridized carbons (Fsp3) is 0.536. The van der Waals surface area contributed by atoms with Gasteiger partial charge < -0.3 is 31.1 Å². The average Bonchev–Trinajstić information content (AvgIpc) is 3.70. The van der Waals surface area contributed by atoms with Crippen molar-refractivity contribution in [3.8, 4) is 0 Å². The first-order valence-electron chi connectivity index (χ1n) is 14.6. The van der Waals surface area contributed by atoms with E-state index < -0.39 is 11.7 Å². The van der Waals surface area contributed by atoms with E-state index in [0.717, 1.165) is 83.1 Å². The van der Waals surface area contributed by atoms with Gasteiger partial charge in [-0.05, 0) is 51.1 Å². The van der Waals surface area contributed by atoms with Crippen LogP contribution in [0.15, 0.2) is 30.7 Å². The summed E-state index contributed by atoms with van der Waals surface area (Å²) in [5.41, 5.74) is 1.57. The van der Waals surface area contributed by atoms with Gasteiger partial charge in [0.1, 0.15) is 5.82 Å². The lowest BCUT2D eigenvalue weighted by molar-refractivity contribution is 0.102. The Morgan fingerprint density at radius 3 is 2.37 bits per heavy atom. The third kappa shape index (κ3) is 6.34. The zero-order valence-corrected chi connectivity index (χ0v) is 23.3. The van der Waals surface area contributed by atoms with Crippen molar-refractivity contribution >= 4 is 34.8 Å². The standard InChI is InChI=1S/C28H37FN10O2/c1-2-37-11-13-38(14-12-37)28(41)34-20-7-5-19(6-8-20)33-25-15-23(32-18-3-4-18)26-31-17-24(39(26)36-25)27(40)35-22-9-10-30-16-21(22)29/h9-10,15-20,32H,2-8,11-14H2,1H3,(H,33,36)(H,34,41)(H,30,35,40)/t19-,20-. The third-order valence-corrected chi connectivity index (χ3v) is 8.17. The quantitative estimate of drug-likeness (QED) is 0.328. The number of fused-ring (bicyclic) bond motifs is 1. The van der Waals surface area contributed by atoms with Gasteiger partial charge in [-0.3, -0.25) is 9.78 Å². The predicted molar refractivity (Wildman–Crippen MR) is 154 cm³/mol. The molecule has 0 unspecified atom stereocenters. The highest BCUT2D eigenvalue weighted by Gasteiger charge is 2.28. The number of anilines is 3. The number of piperazine rings is 1. The number of hydrogen-bond acceptors (Lipinski definition) is 8. The normalized spacial score (nSPS) is 21.5. The minimum absolute atomic E-state index is 0.0395. The second-order valence-electron chi connectivity index (χ2n) is 11.1. The Bertz CT molecular complexity index is 1390. The van der Waals surface area contributed by atoms with Crippen LogP contribution in [-0.2, 0) is 0 Å². The SMILES string of the molecule is CCN1CCN(C(=O)N[C@H]2CC[C@H](Nc3cc(NC4CC4)c4ncc(C(=O)Nc5ccncc5F)n4n3)CC2)CC1. The van der Waals surface area contributed by atoms with Gasteiger partial charge in [-0.1, -0.05) is 6.92 Å². The van der Waals surface area contributed by atoms with Crippen LogP contribution >= 0.6 is 0 Å². The molecule has 4 heterocycles. The number of pyridine rings is 1. The summed E-state index contributed by atoms with van der Waals surface area (Å²) in [7, 11) is 0. The summed E-state index contributed by atoms with van der Waals surface area (Å²) < 4.78 is 15.6. The van der Waals surface area contributed by atoms with Crippen LogP contribution in [0.1, 0.15) is 55.9 Å². The summed E-state index contributed by atoms with van der Waals surface area (Å²) in [5, 5.41) is 17.6. The fourth-order valence-electron chi connectivity index (χ4n) is 5.53.